The van der Waals surface area contributed by atoms with E-state index in [4.69, 9.17) is 25.8 Å². The number of fused-ring (bicyclic) bond motifs is 1. The zero-order valence-electron chi connectivity index (χ0n) is 16.7. The van der Waals surface area contributed by atoms with Crippen molar-refractivity contribution in [2.75, 3.05) is 26.9 Å². The highest BCUT2D eigenvalue weighted by atomic mass is 35.5. The first-order valence-corrected chi connectivity index (χ1v) is 9.72. The minimum absolute atomic E-state index is 0.0602. The second kappa shape index (κ2) is 11.0. The van der Waals surface area contributed by atoms with Crippen molar-refractivity contribution in [1.29, 1.82) is 0 Å². The van der Waals surface area contributed by atoms with Crippen LogP contribution in [0.4, 0.5) is 4.79 Å². The lowest BCUT2D eigenvalue weighted by Gasteiger charge is -2.09. The van der Waals surface area contributed by atoms with Gasteiger partial charge in [-0.25, -0.2) is 14.8 Å². The lowest BCUT2D eigenvalue weighted by molar-refractivity contribution is -0.144. The molecule has 0 radical (unpaired) electrons. The summed E-state index contributed by atoms with van der Waals surface area (Å²) in [6.45, 7) is 0.392. The van der Waals surface area contributed by atoms with Crippen LogP contribution in [0.3, 0.4) is 0 Å². The van der Waals surface area contributed by atoms with Gasteiger partial charge in [-0.3, -0.25) is 4.79 Å². The fourth-order valence-corrected chi connectivity index (χ4v) is 2.62. The van der Waals surface area contributed by atoms with Crippen molar-refractivity contribution in [3.8, 4) is 17.4 Å². The number of rotatable bonds is 9. The topological polar surface area (TPSA) is 109 Å². The monoisotopic (exact) mass is 445 g/mol. The molecule has 0 saturated carbocycles. The molecule has 0 fully saturated rings. The van der Waals surface area contributed by atoms with Crippen LogP contribution in [0.5, 0.6) is 17.4 Å². The molecule has 1 amide bonds. The van der Waals surface area contributed by atoms with E-state index in [0.717, 1.165) is 0 Å². The lowest BCUT2D eigenvalue weighted by Crippen LogP contribution is -2.27. The SMILES string of the molecule is COC(=O)NCCOC(=O)CCOc1ccc(Oc2cnc3cc(Cl)ccc3n2)cc1. The number of hydrogen-bond acceptors (Lipinski definition) is 8. The van der Waals surface area contributed by atoms with Gasteiger partial charge in [-0.15, -0.1) is 0 Å². The Morgan fingerprint density at radius 1 is 1.03 bits per heavy atom. The molecule has 162 valence electrons. The number of halogens is 1. The Bertz CT molecular complexity index is 1040. The molecular weight excluding hydrogens is 426 g/mol. The van der Waals surface area contributed by atoms with Crippen LogP contribution in [0.15, 0.2) is 48.7 Å². The van der Waals surface area contributed by atoms with Crippen LogP contribution < -0.4 is 14.8 Å². The Morgan fingerprint density at radius 2 is 1.81 bits per heavy atom. The number of hydrogen-bond donors (Lipinski definition) is 1. The van der Waals surface area contributed by atoms with Gasteiger partial charge in [0, 0.05) is 5.02 Å². The van der Waals surface area contributed by atoms with Gasteiger partial charge in [0.05, 0.1) is 43.9 Å². The van der Waals surface area contributed by atoms with E-state index in [1.165, 1.54) is 13.3 Å². The van der Waals surface area contributed by atoms with Crippen LogP contribution in [0, 0.1) is 0 Å². The minimum atomic E-state index is -0.579. The number of esters is 1. The molecule has 3 aromatic rings. The highest BCUT2D eigenvalue weighted by Gasteiger charge is 2.06. The second-order valence-electron chi connectivity index (χ2n) is 6.15. The molecule has 0 aliphatic rings. The van der Waals surface area contributed by atoms with Crippen molar-refractivity contribution >= 4 is 34.7 Å². The molecule has 0 unspecified atom stereocenters. The van der Waals surface area contributed by atoms with E-state index in [0.29, 0.717) is 33.4 Å². The maximum atomic E-state index is 11.6. The molecule has 0 aliphatic heterocycles. The van der Waals surface area contributed by atoms with Crippen molar-refractivity contribution < 1.29 is 28.5 Å². The van der Waals surface area contributed by atoms with Crippen molar-refractivity contribution in [2.24, 2.45) is 0 Å². The number of aromatic nitrogens is 2. The van der Waals surface area contributed by atoms with E-state index >= 15 is 0 Å². The summed E-state index contributed by atoms with van der Waals surface area (Å²) in [4.78, 5) is 31.2. The van der Waals surface area contributed by atoms with E-state index in [9.17, 15) is 9.59 Å². The van der Waals surface area contributed by atoms with E-state index in [1.807, 2.05) is 0 Å². The van der Waals surface area contributed by atoms with Gasteiger partial charge in [0.1, 0.15) is 18.1 Å². The molecule has 1 heterocycles. The van der Waals surface area contributed by atoms with E-state index in [-0.39, 0.29) is 26.2 Å². The number of carbonyl (C=O) groups excluding carboxylic acids is 2. The first kappa shape index (κ1) is 22.1. The van der Waals surface area contributed by atoms with Crippen LogP contribution in [0.2, 0.25) is 5.02 Å². The average Bonchev–Trinajstić information content (AvgIpc) is 2.78. The predicted octanol–water partition coefficient (Wildman–Crippen LogP) is 3.74. The number of methoxy groups -OCH3 is 1. The average molecular weight is 446 g/mol. The molecule has 9 nitrogen and oxygen atoms in total. The van der Waals surface area contributed by atoms with Gasteiger partial charge >= 0.3 is 12.1 Å². The number of amides is 1. The van der Waals surface area contributed by atoms with E-state index in [1.54, 1.807) is 42.5 Å². The summed E-state index contributed by atoms with van der Waals surface area (Å²) in [5, 5.41) is 3.00. The number of ether oxygens (including phenoxy) is 4. The van der Waals surface area contributed by atoms with Crippen LogP contribution in [0.1, 0.15) is 6.42 Å². The smallest absolute Gasteiger partial charge is 0.406 e. The van der Waals surface area contributed by atoms with Gasteiger partial charge in [-0.05, 0) is 42.5 Å². The second-order valence-corrected chi connectivity index (χ2v) is 6.59. The van der Waals surface area contributed by atoms with Crippen molar-refractivity contribution in [1.82, 2.24) is 15.3 Å². The molecule has 0 spiro atoms. The van der Waals surface area contributed by atoms with Gasteiger partial charge in [0.25, 0.3) is 0 Å². The Labute approximate surface area is 183 Å². The molecule has 3 rings (SSSR count). The highest BCUT2D eigenvalue weighted by molar-refractivity contribution is 6.31. The first-order chi connectivity index (χ1) is 15.0. The van der Waals surface area contributed by atoms with Crippen LogP contribution in [-0.4, -0.2) is 48.9 Å². The zero-order valence-corrected chi connectivity index (χ0v) is 17.4. The van der Waals surface area contributed by atoms with E-state index < -0.39 is 12.1 Å². The fourth-order valence-electron chi connectivity index (χ4n) is 2.46. The number of carbonyl (C=O) groups is 2. The number of alkyl carbamates (subject to hydrolysis) is 1. The van der Waals surface area contributed by atoms with Gasteiger partial charge in [-0.1, -0.05) is 11.6 Å². The predicted molar refractivity (Wildman–Crippen MR) is 113 cm³/mol. The molecule has 1 aromatic heterocycles. The molecular formula is C21H20ClN3O6. The summed E-state index contributed by atoms with van der Waals surface area (Å²) in [7, 11) is 1.26. The van der Waals surface area contributed by atoms with Crippen LogP contribution in [-0.2, 0) is 14.3 Å². The molecule has 0 atom stereocenters. The molecule has 0 saturated heterocycles. The van der Waals surface area contributed by atoms with Gasteiger partial charge < -0.3 is 24.3 Å². The standard InChI is InChI=1S/C21H20ClN3O6/c1-28-21(27)23-9-11-30-20(26)8-10-29-15-3-5-16(6-4-15)31-19-13-24-18-12-14(22)2-7-17(18)25-19/h2-7,12-13H,8-11H2,1H3,(H,23,27). The fraction of sp³-hybridized carbons (Fsp3) is 0.238. The molecule has 0 bridgehead atoms. The third-order valence-electron chi connectivity index (χ3n) is 3.92. The molecule has 2 aromatic carbocycles. The molecule has 31 heavy (non-hydrogen) atoms. The molecule has 0 aliphatic carbocycles. The quantitative estimate of drug-likeness (QED) is 0.392. The number of nitrogens with zero attached hydrogens (tertiary/aromatic N) is 2. The molecule has 10 heteroatoms. The first-order valence-electron chi connectivity index (χ1n) is 9.34. The normalized spacial score (nSPS) is 10.4. The zero-order chi connectivity index (χ0) is 22.1. The molecule has 1 N–H and O–H groups in total. The van der Waals surface area contributed by atoms with Crippen LogP contribution >= 0.6 is 11.6 Å². The summed E-state index contributed by atoms with van der Waals surface area (Å²) in [6, 6.07) is 12.1. The Kier molecular flexibility index (Phi) is 7.83. The summed E-state index contributed by atoms with van der Waals surface area (Å²) in [5.41, 5.74) is 1.36. The van der Waals surface area contributed by atoms with E-state index in [2.05, 4.69) is 20.0 Å². The summed E-state index contributed by atoms with van der Waals surface area (Å²) in [6.07, 6.45) is 1.02. The van der Waals surface area contributed by atoms with Gasteiger partial charge in [-0.2, -0.15) is 0 Å². The summed E-state index contributed by atoms with van der Waals surface area (Å²) >= 11 is 5.95. The van der Waals surface area contributed by atoms with Crippen molar-refractivity contribution in [3.05, 3.63) is 53.7 Å². The summed E-state index contributed by atoms with van der Waals surface area (Å²) in [5.74, 6) is 1.06. The maximum Gasteiger partial charge on any atom is 0.406 e. The Morgan fingerprint density at radius 3 is 2.58 bits per heavy atom. The van der Waals surface area contributed by atoms with Crippen molar-refractivity contribution in [2.45, 2.75) is 6.42 Å². The maximum absolute atomic E-state index is 11.6. The Balaban J connectivity index is 1.41. The van der Waals surface area contributed by atoms with Gasteiger partial charge in [0.15, 0.2) is 0 Å². The summed E-state index contributed by atoms with van der Waals surface area (Å²) < 4.78 is 20.6. The minimum Gasteiger partial charge on any atom is -0.493 e. The number of benzene rings is 2. The Hall–Kier alpha value is -3.59. The van der Waals surface area contributed by atoms with Crippen LogP contribution in [0.25, 0.3) is 11.0 Å². The third-order valence-corrected chi connectivity index (χ3v) is 4.16. The largest absolute Gasteiger partial charge is 0.493 e. The lowest BCUT2D eigenvalue weighted by atomic mass is 10.3. The van der Waals surface area contributed by atoms with Gasteiger partial charge in [0.2, 0.25) is 5.88 Å². The third kappa shape index (κ3) is 7.00. The van der Waals surface area contributed by atoms with Crippen molar-refractivity contribution in [3.63, 3.8) is 0 Å². The number of nitrogens with one attached hydrogen (secondary N) is 1. The highest BCUT2D eigenvalue weighted by Crippen LogP contribution is 2.24.